The van der Waals surface area contributed by atoms with Crippen LogP contribution in [0.2, 0.25) is 0 Å². The predicted molar refractivity (Wildman–Crippen MR) is 87.1 cm³/mol. The molecule has 1 heterocycles. The van der Waals surface area contributed by atoms with Crippen LogP contribution in [0.25, 0.3) is 27.5 Å². The minimum atomic E-state index is 0.143. The van der Waals surface area contributed by atoms with E-state index in [-0.39, 0.29) is 5.41 Å². The molecule has 0 aliphatic rings. The molecule has 20 heavy (non-hydrogen) atoms. The van der Waals surface area contributed by atoms with E-state index in [1.54, 1.807) is 0 Å². The average Bonchev–Trinajstić information content (AvgIpc) is 2.74. The molecule has 3 aromatic rings. The monoisotopic (exact) mass is 264 g/mol. The van der Waals surface area contributed by atoms with E-state index < -0.39 is 0 Å². The maximum atomic E-state index is 5.93. The van der Waals surface area contributed by atoms with Gasteiger partial charge in [-0.3, -0.25) is 0 Å². The third kappa shape index (κ3) is 2.03. The minimum absolute atomic E-state index is 0.143. The Morgan fingerprint density at radius 2 is 1.55 bits per heavy atom. The third-order valence-corrected chi connectivity index (χ3v) is 3.83. The zero-order valence-corrected chi connectivity index (χ0v) is 12.6. The first-order chi connectivity index (χ1) is 9.36. The van der Waals surface area contributed by atoms with E-state index in [0.29, 0.717) is 0 Å². The first-order valence-corrected chi connectivity index (χ1v) is 6.99. The van der Waals surface area contributed by atoms with Crippen LogP contribution in [-0.2, 0) is 5.41 Å². The predicted octanol–water partition coefficient (Wildman–Crippen LogP) is 5.92. The number of allylic oxidation sites excluding steroid dienone is 1. The Morgan fingerprint density at radius 1 is 0.950 bits per heavy atom. The lowest BCUT2D eigenvalue weighted by Crippen LogP contribution is -2.10. The highest BCUT2D eigenvalue weighted by molar-refractivity contribution is 6.06. The Labute approximate surface area is 119 Å². The zero-order valence-electron chi connectivity index (χ0n) is 12.6. The molecule has 1 heteroatoms. The van der Waals surface area contributed by atoms with Gasteiger partial charge in [-0.05, 0) is 47.7 Å². The molecule has 1 nitrogen and oxygen atoms in total. The van der Waals surface area contributed by atoms with Crippen LogP contribution >= 0.6 is 0 Å². The summed E-state index contributed by atoms with van der Waals surface area (Å²) in [5.74, 6) is 0. The smallest absolute Gasteiger partial charge is 0.135 e. The molecule has 0 atom stereocenters. The van der Waals surface area contributed by atoms with Crippen molar-refractivity contribution in [2.45, 2.75) is 33.1 Å². The van der Waals surface area contributed by atoms with Crippen LogP contribution in [0.1, 0.15) is 38.8 Å². The lowest BCUT2D eigenvalue weighted by Gasteiger charge is -2.18. The number of fused-ring (bicyclic) bond motifs is 3. The molecule has 0 bridgehead atoms. The van der Waals surface area contributed by atoms with Gasteiger partial charge in [0.25, 0.3) is 0 Å². The number of furan rings is 1. The second-order valence-corrected chi connectivity index (χ2v) is 6.55. The lowest BCUT2D eigenvalue weighted by molar-refractivity contribution is 0.590. The van der Waals surface area contributed by atoms with Crippen molar-refractivity contribution in [1.29, 1.82) is 0 Å². The van der Waals surface area contributed by atoms with E-state index in [1.807, 2.05) is 13.0 Å². The minimum Gasteiger partial charge on any atom is -0.456 e. The Hall–Kier alpha value is -2.02. The van der Waals surface area contributed by atoms with Gasteiger partial charge in [0.2, 0.25) is 0 Å². The summed E-state index contributed by atoms with van der Waals surface area (Å²) in [6, 6.07) is 12.8. The Bertz CT molecular complexity index is 813. The molecule has 0 unspecified atom stereocenters. The van der Waals surface area contributed by atoms with Gasteiger partial charge in [-0.1, -0.05) is 45.1 Å². The molecule has 3 rings (SSSR count). The summed E-state index contributed by atoms with van der Waals surface area (Å²) >= 11 is 0. The molecule has 0 radical (unpaired) electrons. The van der Waals surface area contributed by atoms with E-state index in [9.17, 15) is 0 Å². The number of benzene rings is 2. The number of rotatable bonds is 1. The molecular formula is C19H20O. The van der Waals surface area contributed by atoms with E-state index in [1.165, 1.54) is 21.9 Å². The Kier molecular flexibility index (Phi) is 2.75. The Balaban J connectivity index is 2.34. The molecule has 2 aromatic carbocycles. The van der Waals surface area contributed by atoms with Gasteiger partial charge in [0.1, 0.15) is 11.2 Å². The normalized spacial score (nSPS) is 12.2. The fraction of sp³-hybridized carbons (Fsp3) is 0.263. The second kappa shape index (κ2) is 4.24. The molecule has 0 saturated heterocycles. The van der Waals surface area contributed by atoms with Crippen LogP contribution in [0.5, 0.6) is 0 Å². The number of hydrogen-bond donors (Lipinski definition) is 0. The standard InChI is InChI=1S/C19H20O/c1-12(2)13-6-8-17-15(10-13)16-11-14(19(3,4)5)7-9-18(16)20-17/h6-11H,1H2,2-5H3. The van der Waals surface area contributed by atoms with Crippen molar-refractivity contribution in [2.75, 3.05) is 0 Å². The summed E-state index contributed by atoms with van der Waals surface area (Å²) in [6.45, 7) is 12.8. The second-order valence-electron chi connectivity index (χ2n) is 6.55. The van der Waals surface area contributed by atoms with E-state index >= 15 is 0 Å². The highest BCUT2D eigenvalue weighted by Crippen LogP contribution is 2.34. The van der Waals surface area contributed by atoms with Crippen molar-refractivity contribution in [3.8, 4) is 0 Å². The third-order valence-electron chi connectivity index (χ3n) is 3.83. The van der Waals surface area contributed by atoms with Gasteiger partial charge in [0.05, 0.1) is 0 Å². The van der Waals surface area contributed by atoms with Crippen molar-refractivity contribution >= 4 is 27.5 Å². The molecule has 0 amide bonds. The quantitative estimate of drug-likeness (QED) is 0.532. The van der Waals surface area contributed by atoms with Crippen LogP contribution < -0.4 is 0 Å². The first kappa shape index (κ1) is 13.0. The van der Waals surface area contributed by atoms with Gasteiger partial charge in [-0.25, -0.2) is 0 Å². The Morgan fingerprint density at radius 3 is 2.15 bits per heavy atom. The van der Waals surface area contributed by atoms with Crippen molar-refractivity contribution in [1.82, 2.24) is 0 Å². The summed E-state index contributed by atoms with van der Waals surface area (Å²) < 4.78 is 5.93. The summed E-state index contributed by atoms with van der Waals surface area (Å²) in [4.78, 5) is 0. The molecule has 0 saturated carbocycles. The van der Waals surface area contributed by atoms with Crippen LogP contribution in [-0.4, -0.2) is 0 Å². The van der Waals surface area contributed by atoms with Gasteiger partial charge in [0, 0.05) is 10.8 Å². The molecule has 102 valence electrons. The summed E-state index contributed by atoms with van der Waals surface area (Å²) in [6.07, 6.45) is 0. The van der Waals surface area contributed by atoms with Gasteiger partial charge in [-0.2, -0.15) is 0 Å². The van der Waals surface area contributed by atoms with Gasteiger partial charge in [0.15, 0.2) is 0 Å². The van der Waals surface area contributed by atoms with Crippen LogP contribution in [0.3, 0.4) is 0 Å². The van der Waals surface area contributed by atoms with Crippen molar-refractivity contribution in [2.24, 2.45) is 0 Å². The van der Waals surface area contributed by atoms with E-state index in [2.05, 4.69) is 57.7 Å². The molecule has 0 spiro atoms. The van der Waals surface area contributed by atoms with E-state index in [0.717, 1.165) is 16.7 Å². The van der Waals surface area contributed by atoms with Crippen molar-refractivity contribution < 1.29 is 4.42 Å². The summed E-state index contributed by atoms with van der Waals surface area (Å²) in [5, 5.41) is 2.36. The fourth-order valence-corrected chi connectivity index (χ4v) is 2.51. The molecule has 0 N–H and O–H groups in total. The molecule has 0 fully saturated rings. The van der Waals surface area contributed by atoms with Crippen LogP contribution in [0.15, 0.2) is 47.4 Å². The maximum Gasteiger partial charge on any atom is 0.135 e. The molecule has 1 aromatic heterocycles. The van der Waals surface area contributed by atoms with Gasteiger partial charge in [-0.15, -0.1) is 0 Å². The van der Waals surface area contributed by atoms with Crippen molar-refractivity contribution in [3.63, 3.8) is 0 Å². The zero-order chi connectivity index (χ0) is 14.5. The lowest BCUT2D eigenvalue weighted by atomic mass is 9.86. The fourth-order valence-electron chi connectivity index (χ4n) is 2.51. The first-order valence-electron chi connectivity index (χ1n) is 6.99. The summed E-state index contributed by atoms with van der Waals surface area (Å²) in [5.41, 5.74) is 5.61. The molecule has 0 aliphatic heterocycles. The van der Waals surface area contributed by atoms with Crippen LogP contribution in [0.4, 0.5) is 0 Å². The van der Waals surface area contributed by atoms with Crippen LogP contribution in [0, 0.1) is 0 Å². The maximum absolute atomic E-state index is 5.93. The highest BCUT2D eigenvalue weighted by atomic mass is 16.3. The SMILES string of the molecule is C=C(C)c1ccc2oc3ccc(C(C)(C)C)cc3c2c1. The van der Waals surface area contributed by atoms with Crippen molar-refractivity contribution in [3.05, 3.63) is 54.1 Å². The average molecular weight is 264 g/mol. The highest BCUT2D eigenvalue weighted by Gasteiger charge is 2.16. The van der Waals surface area contributed by atoms with E-state index in [4.69, 9.17) is 4.42 Å². The topological polar surface area (TPSA) is 13.1 Å². The molecular weight excluding hydrogens is 244 g/mol. The van der Waals surface area contributed by atoms with Gasteiger partial charge >= 0.3 is 0 Å². The molecule has 0 aliphatic carbocycles. The van der Waals surface area contributed by atoms with Gasteiger partial charge < -0.3 is 4.42 Å². The summed E-state index contributed by atoms with van der Waals surface area (Å²) in [7, 11) is 0. The number of hydrogen-bond acceptors (Lipinski definition) is 1. The largest absolute Gasteiger partial charge is 0.456 e.